The molecular formula is C14H20BBrO3. The third-order valence-corrected chi connectivity index (χ3v) is 4.61. The molecule has 0 radical (unpaired) electrons. The molecule has 0 atom stereocenters. The molecular weight excluding hydrogens is 307 g/mol. The molecule has 1 saturated heterocycles. The van der Waals surface area contributed by atoms with Crippen LogP contribution in [0.15, 0.2) is 18.2 Å². The van der Waals surface area contributed by atoms with Crippen molar-refractivity contribution in [3.63, 3.8) is 0 Å². The number of alkyl halides is 1. The molecule has 0 saturated carbocycles. The minimum absolute atomic E-state index is 0.337. The molecule has 1 fully saturated rings. The summed E-state index contributed by atoms with van der Waals surface area (Å²) >= 11 is 3.45. The van der Waals surface area contributed by atoms with E-state index in [4.69, 9.17) is 14.0 Å². The van der Waals surface area contributed by atoms with E-state index in [9.17, 15) is 0 Å². The Kier molecular flexibility index (Phi) is 4.01. The van der Waals surface area contributed by atoms with Gasteiger partial charge in [0.25, 0.3) is 0 Å². The largest absolute Gasteiger partial charge is 0.498 e. The lowest BCUT2D eigenvalue weighted by atomic mass is 9.78. The van der Waals surface area contributed by atoms with Crippen LogP contribution in [0.2, 0.25) is 0 Å². The number of hydrogen-bond donors (Lipinski definition) is 0. The predicted molar refractivity (Wildman–Crippen MR) is 81.3 cm³/mol. The van der Waals surface area contributed by atoms with Crippen LogP contribution in [0.4, 0.5) is 0 Å². The maximum absolute atomic E-state index is 6.05. The molecule has 5 heteroatoms. The third-order valence-electron chi connectivity index (χ3n) is 3.96. The zero-order chi connectivity index (χ0) is 14.3. The fraction of sp³-hybridized carbons (Fsp3) is 0.571. The van der Waals surface area contributed by atoms with E-state index in [-0.39, 0.29) is 18.3 Å². The first-order chi connectivity index (χ1) is 8.80. The van der Waals surface area contributed by atoms with Gasteiger partial charge in [0.05, 0.1) is 18.3 Å². The van der Waals surface area contributed by atoms with Gasteiger partial charge in [0.2, 0.25) is 0 Å². The van der Waals surface area contributed by atoms with Crippen LogP contribution in [0.25, 0.3) is 0 Å². The van der Waals surface area contributed by atoms with Crippen molar-refractivity contribution in [2.75, 3.05) is 7.11 Å². The fourth-order valence-corrected chi connectivity index (χ4v) is 2.35. The van der Waals surface area contributed by atoms with Gasteiger partial charge in [-0.1, -0.05) is 28.1 Å². The number of rotatable bonds is 3. The number of ether oxygens (including phenoxy) is 1. The fourth-order valence-electron chi connectivity index (χ4n) is 2.00. The first kappa shape index (κ1) is 14.9. The second-order valence-corrected chi connectivity index (χ2v) is 6.36. The van der Waals surface area contributed by atoms with E-state index in [0.717, 1.165) is 22.1 Å². The van der Waals surface area contributed by atoms with E-state index in [2.05, 4.69) is 22.0 Å². The average Bonchev–Trinajstić information content (AvgIpc) is 2.57. The SMILES string of the molecule is COc1cc(CBr)ccc1B1OC(C)(C)C(C)(C)O1. The smallest absolute Gasteiger partial charge is 0.497 e. The van der Waals surface area contributed by atoms with Crippen LogP contribution in [0.5, 0.6) is 5.75 Å². The average molecular weight is 327 g/mol. The molecule has 2 rings (SSSR count). The summed E-state index contributed by atoms with van der Waals surface area (Å²) in [5, 5.41) is 0.799. The zero-order valence-electron chi connectivity index (χ0n) is 12.1. The Balaban J connectivity index is 2.34. The van der Waals surface area contributed by atoms with Crippen LogP contribution in [0.1, 0.15) is 33.3 Å². The number of halogens is 1. The maximum atomic E-state index is 6.05. The Morgan fingerprint density at radius 3 is 2.21 bits per heavy atom. The monoisotopic (exact) mass is 326 g/mol. The molecule has 0 bridgehead atoms. The Hall–Kier alpha value is -0.515. The van der Waals surface area contributed by atoms with Crippen LogP contribution < -0.4 is 10.2 Å². The van der Waals surface area contributed by atoms with Crippen LogP contribution >= 0.6 is 15.9 Å². The summed E-state index contributed by atoms with van der Waals surface area (Å²) in [5.41, 5.74) is 1.43. The third kappa shape index (κ3) is 2.69. The summed E-state index contributed by atoms with van der Waals surface area (Å²) in [7, 11) is 1.28. The van der Waals surface area contributed by atoms with Crippen molar-refractivity contribution in [2.24, 2.45) is 0 Å². The molecule has 1 aliphatic rings. The van der Waals surface area contributed by atoms with Gasteiger partial charge in [0.15, 0.2) is 0 Å². The molecule has 0 spiro atoms. The Labute approximate surface area is 123 Å². The van der Waals surface area contributed by atoms with Crippen LogP contribution in [-0.4, -0.2) is 25.4 Å². The predicted octanol–water partition coefficient (Wildman–Crippen LogP) is 2.89. The first-order valence-electron chi connectivity index (χ1n) is 6.39. The van der Waals surface area contributed by atoms with E-state index in [1.165, 1.54) is 0 Å². The van der Waals surface area contributed by atoms with Crippen molar-refractivity contribution in [1.29, 1.82) is 0 Å². The van der Waals surface area contributed by atoms with Crippen molar-refractivity contribution in [1.82, 2.24) is 0 Å². The van der Waals surface area contributed by atoms with Gasteiger partial charge in [-0.25, -0.2) is 0 Å². The van der Waals surface area contributed by atoms with E-state index >= 15 is 0 Å². The lowest BCUT2D eigenvalue weighted by Crippen LogP contribution is -2.41. The van der Waals surface area contributed by atoms with Crippen molar-refractivity contribution in [3.8, 4) is 5.75 Å². The van der Waals surface area contributed by atoms with Gasteiger partial charge in [0.1, 0.15) is 5.75 Å². The molecule has 1 aliphatic heterocycles. The van der Waals surface area contributed by atoms with Gasteiger partial charge in [0, 0.05) is 10.8 Å². The highest BCUT2D eigenvalue weighted by Gasteiger charge is 2.52. The summed E-state index contributed by atoms with van der Waals surface area (Å²) in [5.74, 6) is 0.801. The van der Waals surface area contributed by atoms with Gasteiger partial charge in [-0.3, -0.25) is 0 Å². The van der Waals surface area contributed by atoms with Crippen LogP contribution in [-0.2, 0) is 14.6 Å². The Morgan fingerprint density at radius 1 is 1.16 bits per heavy atom. The highest BCUT2D eigenvalue weighted by molar-refractivity contribution is 9.08. The summed E-state index contributed by atoms with van der Waals surface area (Å²) in [6.07, 6.45) is 0. The van der Waals surface area contributed by atoms with Crippen molar-refractivity contribution >= 4 is 28.5 Å². The number of hydrogen-bond acceptors (Lipinski definition) is 3. The number of methoxy groups -OCH3 is 1. The van der Waals surface area contributed by atoms with Gasteiger partial charge < -0.3 is 14.0 Å². The second kappa shape index (κ2) is 5.11. The van der Waals surface area contributed by atoms with Gasteiger partial charge in [-0.2, -0.15) is 0 Å². The first-order valence-corrected chi connectivity index (χ1v) is 7.51. The summed E-state index contributed by atoms with van der Waals surface area (Å²) in [4.78, 5) is 0. The number of benzene rings is 1. The maximum Gasteiger partial charge on any atom is 0.498 e. The van der Waals surface area contributed by atoms with Gasteiger partial charge in [-0.05, 0) is 39.3 Å². The molecule has 0 aromatic heterocycles. The highest BCUT2D eigenvalue weighted by Crippen LogP contribution is 2.37. The molecule has 1 aromatic carbocycles. The molecule has 3 nitrogen and oxygen atoms in total. The van der Waals surface area contributed by atoms with Crippen LogP contribution in [0, 0.1) is 0 Å². The van der Waals surface area contributed by atoms with E-state index in [1.54, 1.807) is 7.11 Å². The molecule has 1 aromatic rings. The molecule has 0 N–H and O–H groups in total. The van der Waals surface area contributed by atoms with Crippen molar-refractivity contribution in [3.05, 3.63) is 23.8 Å². The lowest BCUT2D eigenvalue weighted by molar-refractivity contribution is 0.00578. The molecule has 0 amide bonds. The second-order valence-electron chi connectivity index (χ2n) is 5.80. The molecule has 0 aliphatic carbocycles. The van der Waals surface area contributed by atoms with E-state index < -0.39 is 0 Å². The molecule has 19 heavy (non-hydrogen) atoms. The van der Waals surface area contributed by atoms with E-state index in [0.29, 0.717) is 0 Å². The molecule has 104 valence electrons. The normalized spacial score (nSPS) is 20.6. The van der Waals surface area contributed by atoms with Gasteiger partial charge in [-0.15, -0.1) is 0 Å². The summed E-state index contributed by atoms with van der Waals surface area (Å²) < 4.78 is 17.6. The van der Waals surface area contributed by atoms with Crippen molar-refractivity contribution < 1.29 is 14.0 Å². The highest BCUT2D eigenvalue weighted by atomic mass is 79.9. The molecule has 1 heterocycles. The Bertz CT molecular complexity index is 458. The topological polar surface area (TPSA) is 27.7 Å². The minimum Gasteiger partial charge on any atom is -0.497 e. The van der Waals surface area contributed by atoms with Gasteiger partial charge >= 0.3 is 7.12 Å². The standard InChI is InChI=1S/C14H20BBrO3/c1-13(2)14(3,4)19-15(18-13)11-7-6-10(9-16)8-12(11)17-5/h6-8H,9H2,1-5H3. The zero-order valence-corrected chi connectivity index (χ0v) is 13.7. The minimum atomic E-state index is -0.385. The van der Waals surface area contributed by atoms with Crippen LogP contribution in [0.3, 0.4) is 0 Å². The Morgan fingerprint density at radius 2 is 1.74 bits per heavy atom. The summed E-state index contributed by atoms with van der Waals surface area (Å²) in [6.45, 7) is 8.19. The summed E-state index contributed by atoms with van der Waals surface area (Å²) in [6, 6.07) is 6.07. The molecule has 0 unspecified atom stereocenters. The quantitative estimate of drug-likeness (QED) is 0.631. The lowest BCUT2D eigenvalue weighted by Gasteiger charge is -2.32. The van der Waals surface area contributed by atoms with E-state index in [1.807, 2.05) is 39.8 Å². The van der Waals surface area contributed by atoms with Crippen molar-refractivity contribution in [2.45, 2.75) is 44.2 Å².